The van der Waals surface area contributed by atoms with Crippen molar-refractivity contribution < 1.29 is 0 Å². The van der Waals surface area contributed by atoms with Crippen LogP contribution >= 0.6 is 0 Å². The minimum atomic E-state index is 1.01. The predicted molar refractivity (Wildman–Crippen MR) is 113 cm³/mol. The Labute approximate surface area is 154 Å². The molecule has 0 bridgehead atoms. The van der Waals surface area contributed by atoms with E-state index in [1.54, 1.807) is 0 Å². The van der Waals surface area contributed by atoms with Gasteiger partial charge in [0.25, 0.3) is 0 Å². The zero-order chi connectivity index (χ0) is 18.3. The van der Waals surface area contributed by atoms with Crippen LogP contribution in [0.25, 0.3) is 21.8 Å². The van der Waals surface area contributed by atoms with E-state index in [1.165, 1.54) is 16.8 Å². The Balaban J connectivity index is 1.92. The van der Waals surface area contributed by atoms with E-state index in [2.05, 4.69) is 92.8 Å². The zero-order valence-corrected chi connectivity index (χ0v) is 15.7. The molecule has 0 fully saturated rings. The number of nitrogens with zero attached hydrogens (tertiary/aromatic N) is 2. The van der Waals surface area contributed by atoms with Crippen LogP contribution in [0.4, 0.5) is 17.1 Å². The smallest absolute Gasteiger partial charge is 0.0762 e. The number of benzene rings is 3. The van der Waals surface area contributed by atoms with E-state index >= 15 is 0 Å². The van der Waals surface area contributed by atoms with Gasteiger partial charge < -0.3 is 10.2 Å². The molecular weight excluding hydrogens is 318 g/mol. The molecular formula is C23H23N3. The zero-order valence-electron chi connectivity index (χ0n) is 15.7. The van der Waals surface area contributed by atoms with Crippen molar-refractivity contribution in [2.45, 2.75) is 13.8 Å². The van der Waals surface area contributed by atoms with Gasteiger partial charge in [-0.15, -0.1) is 0 Å². The Morgan fingerprint density at radius 1 is 0.808 bits per heavy atom. The van der Waals surface area contributed by atoms with Gasteiger partial charge >= 0.3 is 0 Å². The highest BCUT2D eigenvalue weighted by atomic mass is 15.1. The predicted octanol–water partition coefficient (Wildman–Crippen LogP) is 5.81. The maximum Gasteiger partial charge on any atom is 0.0762 e. The molecule has 3 aromatic carbocycles. The van der Waals surface area contributed by atoms with Crippen LogP contribution in [-0.4, -0.2) is 19.1 Å². The molecule has 4 rings (SSSR count). The number of aryl methyl sites for hydroxylation is 2. The third-order valence-corrected chi connectivity index (χ3v) is 5.03. The van der Waals surface area contributed by atoms with Crippen LogP contribution in [0.2, 0.25) is 0 Å². The van der Waals surface area contributed by atoms with Gasteiger partial charge in [0.05, 0.1) is 16.7 Å². The normalized spacial score (nSPS) is 11.1. The molecule has 26 heavy (non-hydrogen) atoms. The maximum atomic E-state index is 4.93. The maximum absolute atomic E-state index is 4.93. The summed E-state index contributed by atoms with van der Waals surface area (Å²) >= 11 is 0. The first kappa shape index (κ1) is 16.4. The minimum absolute atomic E-state index is 1.01. The molecule has 3 heteroatoms. The van der Waals surface area contributed by atoms with Gasteiger partial charge in [-0.3, -0.25) is 0 Å². The van der Waals surface area contributed by atoms with Gasteiger partial charge in [-0.25, -0.2) is 4.98 Å². The molecule has 0 atom stereocenters. The number of para-hydroxylation sites is 1. The first-order valence-electron chi connectivity index (χ1n) is 8.87. The van der Waals surface area contributed by atoms with Crippen molar-refractivity contribution in [1.29, 1.82) is 0 Å². The summed E-state index contributed by atoms with van der Waals surface area (Å²) in [5, 5.41) is 5.94. The minimum Gasteiger partial charge on any atom is -0.378 e. The molecule has 1 N–H and O–H groups in total. The van der Waals surface area contributed by atoms with E-state index < -0.39 is 0 Å². The monoisotopic (exact) mass is 341 g/mol. The highest BCUT2D eigenvalue weighted by Gasteiger charge is 2.12. The highest BCUT2D eigenvalue weighted by molar-refractivity contribution is 6.09. The van der Waals surface area contributed by atoms with Gasteiger partial charge in [-0.2, -0.15) is 0 Å². The molecule has 0 aliphatic heterocycles. The van der Waals surface area contributed by atoms with Crippen LogP contribution in [0.3, 0.4) is 0 Å². The number of nitrogens with one attached hydrogen (secondary N) is 1. The second kappa shape index (κ2) is 6.34. The molecule has 0 spiro atoms. The van der Waals surface area contributed by atoms with Gasteiger partial charge in [0.2, 0.25) is 0 Å². The van der Waals surface area contributed by atoms with Crippen molar-refractivity contribution >= 4 is 38.9 Å². The van der Waals surface area contributed by atoms with Crippen LogP contribution in [0.1, 0.15) is 11.1 Å². The second-order valence-corrected chi connectivity index (χ2v) is 6.97. The summed E-state index contributed by atoms with van der Waals surface area (Å²) in [6, 6.07) is 21.2. The molecule has 0 radical (unpaired) electrons. The summed E-state index contributed by atoms with van der Waals surface area (Å²) in [5.41, 5.74) is 7.96. The lowest BCUT2D eigenvalue weighted by molar-refractivity contribution is 1.13. The van der Waals surface area contributed by atoms with Crippen LogP contribution in [0, 0.1) is 13.8 Å². The standard InChI is InChI=1S/C23H23N3/c1-15-9-14-20-22(16(15)2)25-21-8-6-5-7-19(21)23(20)24-17-10-12-18(13-11-17)26(3)4/h5-14H,1-4H3,(H,24,25). The number of aromatic nitrogens is 1. The van der Waals surface area contributed by atoms with Crippen molar-refractivity contribution in [3.05, 3.63) is 71.8 Å². The Bertz CT molecular complexity index is 1100. The number of hydrogen-bond donors (Lipinski definition) is 1. The Morgan fingerprint density at radius 2 is 1.54 bits per heavy atom. The quantitative estimate of drug-likeness (QED) is 0.476. The van der Waals surface area contributed by atoms with Crippen LogP contribution in [0.5, 0.6) is 0 Å². The molecule has 130 valence electrons. The van der Waals surface area contributed by atoms with E-state index in [4.69, 9.17) is 4.98 Å². The van der Waals surface area contributed by atoms with Gasteiger partial charge in [0.15, 0.2) is 0 Å². The van der Waals surface area contributed by atoms with E-state index in [9.17, 15) is 0 Å². The van der Waals surface area contributed by atoms with Crippen molar-refractivity contribution in [2.75, 3.05) is 24.3 Å². The van der Waals surface area contributed by atoms with Crippen molar-refractivity contribution in [3.63, 3.8) is 0 Å². The van der Waals surface area contributed by atoms with Crippen molar-refractivity contribution in [1.82, 2.24) is 4.98 Å². The number of fused-ring (bicyclic) bond motifs is 2. The Morgan fingerprint density at radius 3 is 2.27 bits per heavy atom. The molecule has 0 unspecified atom stereocenters. The molecule has 0 aliphatic carbocycles. The van der Waals surface area contributed by atoms with Crippen LogP contribution in [0.15, 0.2) is 60.7 Å². The molecule has 1 heterocycles. The van der Waals surface area contributed by atoms with Gasteiger partial charge in [0.1, 0.15) is 0 Å². The highest BCUT2D eigenvalue weighted by Crippen LogP contribution is 2.35. The van der Waals surface area contributed by atoms with Crippen molar-refractivity contribution in [3.8, 4) is 0 Å². The van der Waals surface area contributed by atoms with Crippen molar-refractivity contribution in [2.24, 2.45) is 0 Å². The summed E-state index contributed by atoms with van der Waals surface area (Å²) in [4.78, 5) is 7.04. The first-order chi connectivity index (χ1) is 12.5. The Kier molecular flexibility index (Phi) is 4.00. The fourth-order valence-electron chi connectivity index (χ4n) is 3.32. The van der Waals surface area contributed by atoms with E-state index in [0.717, 1.165) is 33.2 Å². The second-order valence-electron chi connectivity index (χ2n) is 6.97. The van der Waals surface area contributed by atoms with E-state index in [0.29, 0.717) is 0 Å². The third-order valence-electron chi connectivity index (χ3n) is 5.03. The molecule has 0 aliphatic rings. The van der Waals surface area contributed by atoms with Gasteiger partial charge in [-0.05, 0) is 55.3 Å². The van der Waals surface area contributed by atoms with Crippen LogP contribution in [-0.2, 0) is 0 Å². The summed E-state index contributed by atoms with van der Waals surface area (Å²) in [5.74, 6) is 0. The summed E-state index contributed by atoms with van der Waals surface area (Å²) in [7, 11) is 4.11. The lowest BCUT2D eigenvalue weighted by atomic mass is 10.0. The van der Waals surface area contributed by atoms with Gasteiger partial charge in [-0.1, -0.05) is 30.3 Å². The summed E-state index contributed by atoms with van der Waals surface area (Å²) in [6.07, 6.45) is 0. The third kappa shape index (κ3) is 2.76. The molecule has 0 amide bonds. The number of rotatable bonds is 3. The van der Waals surface area contributed by atoms with Crippen LogP contribution < -0.4 is 10.2 Å². The van der Waals surface area contributed by atoms with E-state index in [1.807, 2.05) is 6.07 Å². The Hall–Kier alpha value is -3.07. The fraction of sp³-hybridized carbons (Fsp3) is 0.174. The molecule has 3 nitrogen and oxygen atoms in total. The van der Waals surface area contributed by atoms with Gasteiger partial charge in [0, 0.05) is 36.2 Å². The lowest BCUT2D eigenvalue weighted by Crippen LogP contribution is -2.08. The number of hydrogen-bond acceptors (Lipinski definition) is 3. The molecule has 0 saturated carbocycles. The fourth-order valence-corrected chi connectivity index (χ4v) is 3.32. The summed E-state index contributed by atoms with van der Waals surface area (Å²) < 4.78 is 0. The SMILES string of the molecule is Cc1ccc2c(Nc3ccc(N(C)C)cc3)c3ccccc3nc2c1C. The van der Waals surface area contributed by atoms with E-state index in [-0.39, 0.29) is 0 Å². The first-order valence-corrected chi connectivity index (χ1v) is 8.87. The average Bonchev–Trinajstić information content (AvgIpc) is 2.65. The topological polar surface area (TPSA) is 28.2 Å². The molecule has 1 aromatic heterocycles. The largest absolute Gasteiger partial charge is 0.378 e. The average molecular weight is 341 g/mol. The summed E-state index contributed by atoms with van der Waals surface area (Å²) in [6.45, 7) is 4.29. The molecule has 0 saturated heterocycles. The molecule has 4 aromatic rings. The lowest BCUT2D eigenvalue weighted by Gasteiger charge is -2.17. The number of anilines is 3. The number of pyridine rings is 1.